The van der Waals surface area contributed by atoms with E-state index < -0.39 is 5.97 Å². The molecule has 0 aliphatic carbocycles. The van der Waals surface area contributed by atoms with Crippen molar-refractivity contribution in [1.82, 2.24) is 5.32 Å². The first-order chi connectivity index (χ1) is 7.13. The van der Waals surface area contributed by atoms with Crippen LogP contribution in [0.5, 0.6) is 0 Å². The topological polar surface area (TPSA) is 55.4 Å². The van der Waals surface area contributed by atoms with Gasteiger partial charge in [0, 0.05) is 12.1 Å². The monoisotopic (exact) mass is 227 g/mol. The lowest BCUT2D eigenvalue weighted by molar-refractivity contribution is -0.123. The highest BCUT2D eigenvalue weighted by atomic mass is 35.5. The Hall–Kier alpha value is -1.55. The van der Waals surface area contributed by atoms with Crippen LogP contribution in [0.2, 0.25) is 5.02 Å². The summed E-state index contributed by atoms with van der Waals surface area (Å²) in [5.74, 6) is -0.896. The Morgan fingerprint density at radius 3 is 2.47 bits per heavy atom. The molecule has 0 saturated carbocycles. The highest BCUT2D eigenvalue weighted by molar-refractivity contribution is 6.30. The van der Waals surface area contributed by atoms with E-state index in [0.29, 0.717) is 10.6 Å². The highest BCUT2D eigenvalue weighted by Crippen LogP contribution is 2.10. The van der Waals surface area contributed by atoms with Crippen molar-refractivity contribution in [1.29, 1.82) is 0 Å². The number of hydrogen-bond acceptors (Lipinski definition) is 3. The van der Waals surface area contributed by atoms with Gasteiger partial charge in [-0.15, -0.1) is 0 Å². The van der Waals surface area contributed by atoms with Crippen molar-refractivity contribution < 1.29 is 14.3 Å². The molecule has 0 saturated heterocycles. The van der Waals surface area contributed by atoms with E-state index in [1.165, 1.54) is 19.2 Å². The van der Waals surface area contributed by atoms with Crippen molar-refractivity contribution in [2.24, 2.45) is 0 Å². The predicted octanol–water partition coefficient (Wildman–Crippen LogP) is 1.24. The van der Waals surface area contributed by atoms with Crippen LogP contribution in [-0.2, 0) is 9.53 Å². The van der Waals surface area contributed by atoms with Gasteiger partial charge in [-0.25, -0.2) is 4.79 Å². The Balaban J connectivity index is 2.54. The van der Waals surface area contributed by atoms with Crippen molar-refractivity contribution in [2.45, 2.75) is 0 Å². The number of benzene rings is 1. The lowest BCUT2D eigenvalue weighted by atomic mass is 10.2. The van der Waals surface area contributed by atoms with E-state index >= 15 is 0 Å². The van der Waals surface area contributed by atoms with Crippen molar-refractivity contribution >= 4 is 23.5 Å². The number of hydrogen-bond donors (Lipinski definition) is 1. The summed E-state index contributed by atoms with van der Waals surface area (Å²) in [6.45, 7) is -0.280. The van der Waals surface area contributed by atoms with Crippen LogP contribution in [0.4, 0.5) is 0 Å². The van der Waals surface area contributed by atoms with Crippen LogP contribution < -0.4 is 5.32 Å². The summed E-state index contributed by atoms with van der Waals surface area (Å²) in [7, 11) is 1.47. The fourth-order valence-corrected chi connectivity index (χ4v) is 0.999. The Bertz CT molecular complexity index is 361. The first-order valence-corrected chi connectivity index (χ1v) is 4.64. The van der Waals surface area contributed by atoms with Gasteiger partial charge in [-0.1, -0.05) is 11.6 Å². The van der Waals surface area contributed by atoms with Gasteiger partial charge in [0.25, 0.3) is 5.91 Å². The number of rotatable bonds is 3. The molecule has 15 heavy (non-hydrogen) atoms. The standard InChI is InChI=1S/C10H10ClNO3/c1-12-9(13)6-15-10(14)7-2-4-8(11)5-3-7/h2-5H,6H2,1H3,(H,12,13). The molecular formula is C10H10ClNO3. The van der Waals surface area contributed by atoms with Gasteiger partial charge in [0.15, 0.2) is 6.61 Å². The molecule has 0 spiro atoms. The molecule has 0 bridgehead atoms. The second-order valence-corrected chi connectivity index (χ2v) is 3.19. The quantitative estimate of drug-likeness (QED) is 0.791. The fourth-order valence-electron chi connectivity index (χ4n) is 0.873. The molecule has 1 N–H and O–H groups in total. The average Bonchev–Trinajstić information content (AvgIpc) is 2.26. The number of carbonyl (C=O) groups is 2. The van der Waals surface area contributed by atoms with Crippen molar-refractivity contribution in [3.63, 3.8) is 0 Å². The first kappa shape index (κ1) is 11.5. The number of esters is 1. The zero-order valence-electron chi connectivity index (χ0n) is 8.12. The first-order valence-electron chi connectivity index (χ1n) is 4.26. The minimum atomic E-state index is -0.546. The van der Waals surface area contributed by atoms with Gasteiger partial charge in [-0.3, -0.25) is 4.79 Å². The lowest BCUT2D eigenvalue weighted by Gasteiger charge is -2.03. The minimum absolute atomic E-state index is 0.280. The number of nitrogens with one attached hydrogen (secondary N) is 1. The number of likely N-dealkylation sites (N-methyl/N-ethyl adjacent to an activating group) is 1. The summed E-state index contributed by atoms with van der Waals surface area (Å²) in [4.78, 5) is 22.1. The summed E-state index contributed by atoms with van der Waals surface area (Å²) in [6.07, 6.45) is 0. The van der Waals surface area contributed by atoms with Crippen LogP contribution in [0.1, 0.15) is 10.4 Å². The minimum Gasteiger partial charge on any atom is -0.452 e. The Morgan fingerprint density at radius 2 is 1.93 bits per heavy atom. The molecule has 1 rings (SSSR count). The number of carbonyl (C=O) groups excluding carboxylic acids is 2. The summed E-state index contributed by atoms with van der Waals surface area (Å²) in [5, 5.41) is 2.88. The Kier molecular flexibility index (Phi) is 4.12. The fraction of sp³-hybridized carbons (Fsp3) is 0.200. The number of ether oxygens (including phenoxy) is 1. The molecule has 1 aromatic rings. The SMILES string of the molecule is CNC(=O)COC(=O)c1ccc(Cl)cc1. The average molecular weight is 228 g/mol. The van der Waals surface area contributed by atoms with E-state index in [4.69, 9.17) is 16.3 Å². The third-order valence-electron chi connectivity index (χ3n) is 1.69. The van der Waals surface area contributed by atoms with E-state index in [1.807, 2.05) is 0 Å². The van der Waals surface area contributed by atoms with Crippen LogP contribution in [0.15, 0.2) is 24.3 Å². The predicted molar refractivity (Wildman–Crippen MR) is 55.8 cm³/mol. The van der Waals surface area contributed by atoms with E-state index in [2.05, 4.69) is 5.32 Å². The van der Waals surface area contributed by atoms with Gasteiger partial charge in [0.05, 0.1) is 5.56 Å². The Morgan fingerprint density at radius 1 is 1.33 bits per heavy atom. The maximum absolute atomic E-state index is 11.3. The molecule has 0 aliphatic heterocycles. The molecule has 0 heterocycles. The molecular weight excluding hydrogens is 218 g/mol. The van der Waals surface area contributed by atoms with Crippen LogP contribution >= 0.6 is 11.6 Å². The third-order valence-corrected chi connectivity index (χ3v) is 1.95. The second-order valence-electron chi connectivity index (χ2n) is 2.76. The summed E-state index contributed by atoms with van der Waals surface area (Å²) < 4.78 is 4.73. The zero-order chi connectivity index (χ0) is 11.3. The molecule has 0 fully saturated rings. The van der Waals surface area contributed by atoms with Crippen molar-refractivity contribution in [3.8, 4) is 0 Å². The molecule has 0 atom stereocenters. The molecule has 0 unspecified atom stereocenters. The maximum atomic E-state index is 11.3. The molecule has 1 aromatic carbocycles. The van der Waals surface area contributed by atoms with Gasteiger partial charge >= 0.3 is 5.97 Å². The van der Waals surface area contributed by atoms with E-state index in [9.17, 15) is 9.59 Å². The summed E-state index contributed by atoms with van der Waals surface area (Å²) in [5.41, 5.74) is 0.364. The Labute approximate surface area is 92.2 Å². The van der Waals surface area contributed by atoms with Crippen LogP contribution in [0.3, 0.4) is 0 Å². The molecule has 4 nitrogen and oxygen atoms in total. The van der Waals surface area contributed by atoms with E-state index in [-0.39, 0.29) is 12.5 Å². The van der Waals surface area contributed by atoms with Crippen LogP contribution in [0, 0.1) is 0 Å². The normalized spacial score (nSPS) is 9.47. The second kappa shape index (κ2) is 5.36. The smallest absolute Gasteiger partial charge is 0.338 e. The zero-order valence-corrected chi connectivity index (χ0v) is 8.88. The van der Waals surface area contributed by atoms with Gasteiger partial charge in [0.1, 0.15) is 0 Å². The lowest BCUT2D eigenvalue weighted by Crippen LogP contribution is -2.25. The van der Waals surface area contributed by atoms with Gasteiger partial charge in [0.2, 0.25) is 0 Å². The summed E-state index contributed by atoms with van der Waals surface area (Å²) in [6, 6.07) is 6.24. The van der Waals surface area contributed by atoms with E-state index in [0.717, 1.165) is 0 Å². The molecule has 0 aromatic heterocycles. The van der Waals surface area contributed by atoms with Gasteiger partial charge < -0.3 is 10.1 Å². The van der Waals surface area contributed by atoms with Crippen LogP contribution in [-0.4, -0.2) is 25.5 Å². The maximum Gasteiger partial charge on any atom is 0.338 e. The highest BCUT2D eigenvalue weighted by Gasteiger charge is 2.08. The van der Waals surface area contributed by atoms with Gasteiger partial charge in [-0.2, -0.15) is 0 Å². The molecule has 0 aliphatic rings. The third kappa shape index (κ3) is 3.59. The summed E-state index contributed by atoms with van der Waals surface area (Å²) >= 11 is 5.65. The largest absolute Gasteiger partial charge is 0.452 e. The van der Waals surface area contributed by atoms with Crippen molar-refractivity contribution in [2.75, 3.05) is 13.7 Å². The molecule has 1 amide bonds. The molecule has 80 valence electrons. The molecule has 0 radical (unpaired) electrons. The van der Waals surface area contributed by atoms with Gasteiger partial charge in [-0.05, 0) is 24.3 Å². The van der Waals surface area contributed by atoms with Crippen LogP contribution in [0.25, 0.3) is 0 Å². The molecule has 5 heteroatoms. The number of amides is 1. The van der Waals surface area contributed by atoms with E-state index in [1.54, 1.807) is 12.1 Å². The number of halogens is 1. The van der Waals surface area contributed by atoms with Crippen molar-refractivity contribution in [3.05, 3.63) is 34.9 Å².